The van der Waals surface area contributed by atoms with E-state index in [-0.39, 0.29) is 9.92 Å². The Morgan fingerprint density at radius 3 is 2.30 bits per heavy atom. The number of aliphatic carboxylic acids is 1. The molecule has 2 unspecified atom stereocenters. The van der Waals surface area contributed by atoms with E-state index in [0.29, 0.717) is 4.90 Å². The zero-order valence-corrected chi connectivity index (χ0v) is 15.3. The predicted octanol–water partition coefficient (Wildman–Crippen LogP) is 2.51. The SMILES string of the molecule is O=C(O)C1CC(S(=O)(=O)c2ccccc2Cl)CN1C(=O)C1(C(F)(F)F)CC1. The van der Waals surface area contributed by atoms with Crippen LogP contribution in [-0.4, -0.2) is 54.3 Å². The van der Waals surface area contributed by atoms with E-state index < -0.39 is 70.4 Å². The number of likely N-dealkylation sites (tertiary alicyclic amines) is 1. The minimum Gasteiger partial charge on any atom is -0.480 e. The van der Waals surface area contributed by atoms with Gasteiger partial charge in [-0.15, -0.1) is 0 Å². The fraction of sp³-hybridized carbons (Fsp3) is 0.500. The van der Waals surface area contributed by atoms with Crippen LogP contribution in [0.2, 0.25) is 5.02 Å². The average Bonchev–Trinajstić information content (AvgIpc) is 3.26. The molecule has 0 spiro atoms. The molecule has 1 heterocycles. The lowest BCUT2D eigenvalue weighted by Gasteiger charge is -2.28. The van der Waals surface area contributed by atoms with E-state index in [2.05, 4.69) is 0 Å². The van der Waals surface area contributed by atoms with Gasteiger partial charge in [-0.1, -0.05) is 23.7 Å². The summed E-state index contributed by atoms with van der Waals surface area (Å²) in [5.74, 6) is -2.92. The summed E-state index contributed by atoms with van der Waals surface area (Å²) in [5, 5.41) is 7.90. The topological polar surface area (TPSA) is 91.8 Å². The lowest BCUT2D eigenvalue weighted by molar-refractivity contribution is -0.199. The molecule has 1 aliphatic carbocycles. The number of carbonyl (C=O) groups excluding carboxylic acids is 1. The van der Waals surface area contributed by atoms with Crippen LogP contribution in [0.25, 0.3) is 0 Å². The number of rotatable bonds is 4. The smallest absolute Gasteiger partial charge is 0.403 e. The number of alkyl halides is 3. The Balaban J connectivity index is 1.94. The highest BCUT2D eigenvalue weighted by molar-refractivity contribution is 7.92. The van der Waals surface area contributed by atoms with Crippen molar-refractivity contribution in [3.8, 4) is 0 Å². The maximum atomic E-state index is 13.2. The van der Waals surface area contributed by atoms with Crippen molar-refractivity contribution in [1.29, 1.82) is 0 Å². The normalized spacial score (nSPS) is 24.7. The zero-order valence-electron chi connectivity index (χ0n) is 13.7. The van der Waals surface area contributed by atoms with Crippen LogP contribution in [0.5, 0.6) is 0 Å². The largest absolute Gasteiger partial charge is 0.480 e. The highest BCUT2D eigenvalue weighted by atomic mass is 35.5. The Hall–Kier alpha value is -1.81. The summed E-state index contributed by atoms with van der Waals surface area (Å²) in [6, 6.07) is 3.86. The second-order valence-electron chi connectivity index (χ2n) is 6.72. The summed E-state index contributed by atoms with van der Waals surface area (Å²) in [6.07, 6.45) is -6.17. The van der Waals surface area contributed by atoms with Crippen molar-refractivity contribution in [3.05, 3.63) is 29.3 Å². The van der Waals surface area contributed by atoms with Gasteiger partial charge in [-0.3, -0.25) is 4.79 Å². The van der Waals surface area contributed by atoms with Gasteiger partial charge in [0, 0.05) is 6.54 Å². The van der Waals surface area contributed by atoms with Crippen LogP contribution < -0.4 is 0 Å². The highest BCUT2D eigenvalue weighted by Gasteiger charge is 2.70. The van der Waals surface area contributed by atoms with Crippen molar-refractivity contribution < 1.29 is 36.3 Å². The van der Waals surface area contributed by atoms with Crippen LogP contribution in [0.1, 0.15) is 19.3 Å². The molecule has 11 heteroatoms. The van der Waals surface area contributed by atoms with Crippen LogP contribution in [0, 0.1) is 5.41 Å². The van der Waals surface area contributed by atoms with E-state index in [4.69, 9.17) is 11.6 Å². The van der Waals surface area contributed by atoms with Gasteiger partial charge in [0.15, 0.2) is 9.84 Å². The van der Waals surface area contributed by atoms with Crippen LogP contribution in [0.15, 0.2) is 29.2 Å². The maximum absolute atomic E-state index is 13.2. The third kappa shape index (κ3) is 3.18. The van der Waals surface area contributed by atoms with Crippen LogP contribution in [-0.2, 0) is 19.4 Å². The Kier molecular flexibility index (Phi) is 4.70. The summed E-state index contributed by atoms with van der Waals surface area (Å²) in [7, 11) is -4.13. The number of hydrogen-bond acceptors (Lipinski definition) is 4. The van der Waals surface area contributed by atoms with E-state index in [1.165, 1.54) is 24.3 Å². The first-order valence-corrected chi connectivity index (χ1v) is 9.93. The van der Waals surface area contributed by atoms with Gasteiger partial charge >= 0.3 is 12.1 Å². The molecule has 3 rings (SSSR count). The van der Waals surface area contributed by atoms with Crippen molar-refractivity contribution in [1.82, 2.24) is 4.90 Å². The second-order valence-corrected chi connectivity index (χ2v) is 9.33. The molecule has 1 saturated carbocycles. The number of sulfone groups is 1. The number of hydrogen-bond donors (Lipinski definition) is 1. The van der Waals surface area contributed by atoms with Gasteiger partial charge in [0.25, 0.3) is 0 Å². The maximum Gasteiger partial charge on any atom is 0.403 e. The first-order valence-electron chi connectivity index (χ1n) is 8.01. The molecule has 148 valence electrons. The molecule has 0 bridgehead atoms. The van der Waals surface area contributed by atoms with Gasteiger partial charge in [0.2, 0.25) is 5.91 Å². The van der Waals surface area contributed by atoms with Gasteiger partial charge in [0.1, 0.15) is 11.5 Å². The third-order valence-corrected chi connectivity index (χ3v) is 7.72. The third-order valence-electron chi connectivity index (χ3n) is 5.09. The molecule has 0 aromatic heterocycles. The minimum absolute atomic E-state index is 0.0805. The fourth-order valence-electron chi connectivity index (χ4n) is 3.35. The second kappa shape index (κ2) is 6.37. The number of amides is 1. The first kappa shape index (κ1) is 19.9. The molecule has 1 amide bonds. The van der Waals surface area contributed by atoms with Crippen LogP contribution in [0.3, 0.4) is 0 Å². The molecule has 0 radical (unpaired) electrons. The van der Waals surface area contributed by atoms with E-state index in [0.717, 1.165) is 0 Å². The molecule has 6 nitrogen and oxygen atoms in total. The van der Waals surface area contributed by atoms with E-state index in [1.807, 2.05) is 0 Å². The van der Waals surface area contributed by atoms with Gasteiger partial charge < -0.3 is 10.0 Å². The first-order chi connectivity index (χ1) is 12.4. The molecule has 2 fully saturated rings. The van der Waals surface area contributed by atoms with Crippen LogP contribution in [0.4, 0.5) is 13.2 Å². The number of carboxylic acids is 1. The van der Waals surface area contributed by atoms with Gasteiger partial charge in [-0.05, 0) is 31.4 Å². The van der Waals surface area contributed by atoms with E-state index >= 15 is 0 Å². The Bertz CT molecular complexity index is 898. The van der Waals surface area contributed by atoms with Crippen molar-refractivity contribution in [2.45, 2.75) is 41.6 Å². The number of halogens is 4. The quantitative estimate of drug-likeness (QED) is 0.800. The Labute approximate surface area is 157 Å². The molecular formula is C16H15ClF3NO5S. The summed E-state index contributed by atoms with van der Waals surface area (Å²) in [4.78, 5) is 24.3. The molecule has 1 aromatic rings. The summed E-state index contributed by atoms with van der Waals surface area (Å²) in [5.41, 5.74) is -2.61. The average molecular weight is 426 g/mol. The standard InChI is InChI=1S/C16H15ClF3NO5S/c17-10-3-1-2-4-12(10)27(25,26)9-7-11(13(22)23)21(8-9)14(24)15(5-6-15)16(18,19)20/h1-4,9,11H,5-8H2,(H,22,23). The summed E-state index contributed by atoms with van der Waals surface area (Å²) >= 11 is 5.90. The van der Waals surface area contributed by atoms with E-state index in [9.17, 15) is 36.3 Å². The van der Waals surface area contributed by atoms with Gasteiger partial charge in [-0.2, -0.15) is 13.2 Å². The fourth-order valence-corrected chi connectivity index (χ4v) is 5.57. The number of carbonyl (C=O) groups is 2. The highest BCUT2D eigenvalue weighted by Crippen LogP contribution is 2.59. The number of carboxylic acid groups (broad SMARTS) is 1. The van der Waals surface area contributed by atoms with Gasteiger partial charge in [0.05, 0.1) is 15.2 Å². The lowest BCUT2D eigenvalue weighted by Crippen LogP contribution is -2.48. The minimum atomic E-state index is -4.81. The predicted molar refractivity (Wildman–Crippen MR) is 87.9 cm³/mol. The molecular weight excluding hydrogens is 411 g/mol. The monoisotopic (exact) mass is 425 g/mol. The molecule has 1 aliphatic heterocycles. The molecule has 1 aromatic carbocycles. The molecule has 1 N–H and O–H groups in total. The zero-order chi connectivity index (χ0) is 20.2. The number of nitrogens with zero attached hydrogens (tertiary/aromatic N) is 1. The van der Waals surface area contributed by atoms with E-state index in [1.54, 1.807) is 0 Å². The Morgan fingerprint density at radius 2 is 1.81 bits per heavy atom. The van der Waals surface area contributed by atoms with Crippen molar-refractivity contribution in [3.63, 3.8) is 0 Å². The molecule has 1 saturated heterocycles. The molecule has 27 heavy (non-hydrogen) atoms. The van der Waals surface area contributed by atoms with Crippen LogP contribution >= 0.6 is 11.6 Å². The van der Waals surface area contributed by atoms with Gasteiger partial charge in [-0.25, -0.2) is 13.2 Å². The number of benzene rings is 1. The molecule has 2 atom stereocenters. The van der Waals surface area contributed by atoms with Crippen molar-refractivity contribution >= 4 is 33.3 Å². The van der Waals surface area contributed by atoms with Crippen molar-refractivity contribution in [2.24, 2.45) is 5.41 Å². The summed E-state index contributed by atoms with van der Waals surface area (Å²) in [6.45, 7) is -0.624. The Morgan fingerprint density at radius 1 is 1.22 bits per heavy atom. The summed E-state index contributed by atoms with van der Waals surface area (Å²) < 4.78 is 65.4. The van der Waals surface area contributed by atoms with Crippen molar-refractivity contribution in [2.75, 3.05) is 6.54 Å². The molecule has 2 aliphatic rings. The lowest BCUT2D eigenvalue weighted by atomic mass is 10.0.